The third-order valence-corrected chi connectivity index (χ3v) is 1.52. The Bertz CT molecular complexity index is 286. The van der Waals surface area contributed by atoms with Gasteiger partial charge in [0, 0.05) is 0 Å². The van der Waals surface area contributed by atoms with Crippen LogP contribution in [0.5, 0.6) is 5.75 Å². The highest BCUT2D eigenvalue weighted by Crippen LogP contribution is 2.14. The molecule has 0 spiro atoms. The summed E-state index contributed by atoms with van der Waals surface area (Å²) in [5.74, 6) is -0.989. The van der Waals surface area contributed by atoms with Gasteiger partial charge in [0.05, 0.1) is 0 Å². The summed E-state index contributed by atoms with van der Waals surface area (Å²) in [7, 11) is 0. The fourth-order valence-corrected chi connectivity index (χ4v) is 0.824. The Morgan fingerprint density at radius 2 is 1.77 bits per heavy atom. The first kappa shape index (κ1) is 11.7. The number of carboxylic acid groups (broad SMARTS) is 1. The first-order chi connectivity index (χ1) is 5.61. The SMILES string of the molecule is NC(C(=O)O)c1ccc(O)cc1.[Cl-]. The molecule has 1 atom stereocenters. The van der Waals surface area contributed by atoms with Gasteiger partial charge < -0.3 is 28.4 Å². The molecule has 0 aliphatic carbocycles. The molecule has 1 unspecified atom stereocenters. The third-order valence-electron chi connectivity index (χ3n) is 1.52. The van der Waals surface area contributed by atoms with Gasteiger partial charge in [-0.1, -0.05) is 12.1 Å². The summed E-state index contributed by atoms with van der Waals surface area (Å²) in [4.78, 5) is 10.4. The standard InChI is InChI=1S/C8H9NO3.ClH/c9-7(8(11)12)5-1-3-6(10)4-2-5;/h1-4,7,10H,9H2,(H,11,12);1H/p-1. The Morgan fingerprint density at radius 1 is 1.31 bits per heavy atom. The van der Waals surface area contributed by atoms with Gasteiger partial charge >= 0.3 is 5.97 Å². The van der Waals surface area contributed by atoms with E-state index in [9.17, 15) is 4.79 Å². The van der Waals surface area contributed by atoms with E-state index in [4.69, 9.17) is 15.9 Å². The molecule has 1 rings (SSSR count). The van der Waals surface area contributed by atoms with Gasteiger partial charge in [-0.05, 0) is 17.7 Å². The van der Waals surface area contributed by atoms with Crippen LogP contribution >= 0.6 is 0 Å². The molecular weight excluding hydrogens is 194 g/mol. The predicted octanol–water partition coefficient (Wildman–Crippen LogP) is -2.52. The highest BCUT2D eigenvalue weighted by molar-refractivity contribution is 5.75. The van der Waals surface area contributed by atoms with Crippen LogP contribution in [0.1, 0.15) is 11.6 Å². The lowest BCUT2D eigenvalue weighted by molar-refractivity contribution is -0.138. The highest BCUT2D eigenvalue weighted by Gasteiger charge is 2.13. The molecule has 4 nitrogen and oxygen atoms in total. The number of aromatic hydroxyl groups is 1. The lowest BCUT2D eigenvalue weighted by Crippen LogP contribution is -3.00. The van der Waals surface area contributed by atoms with Crippen LogP contribution < -0.4 is 18.1 Å². The second-order valence-electron chi connectivity index (χ2n) is 2.41. The smallest absolute Gasteiger partial charge is 0.325 e. The second kappa shape index (κ2) is 4.69. The summed E-state index contributed by atoms with van der Waals surface area (Å²) in [6.45, 7) is 0. The molecule has 0 aromatic heterocycles. The highest BCUT2D eigenvalue weighted by atomic mass is 35.5. The average Bonchev–Trinajstić information content (AvgIpc) is 2.04. The van der Waals surface area contributed by atoms with Gasteiger partial charge in [0.2, 0.25) is 0 Å². The van der Waals surface area contributed by atoms with E-state index < -0.39 is 12.0 Å². The Morgan fingerprint density at radius 3 is 2.15 bits per heavy atom. The molecule has 0 saturated heterocycles. The molecule has 0 bridgehead atoms. The summed E-state index contributed by atoms with van der Waals surface area (Å²) >= 11 is 0. The van der Waals surface area contributed by atoms with Gasteiger partial charge in [0.15, 0.2) is 0 Å². The molecule has 0 saturated carbocycles. The van der Waals surface area contributed by atoms with Crippen molar-refractivity contribution in [3.8, 4) is 5.75 Å². The molecule has 0 amide bonds. The van der Waals surface area contributed by atoms with Crippen LogP contribution in [-0.2, 0) is 4.79 Å². The minimum absolute atomic E-state index is 0. The van der Waals surface area contributed by atoms with Gasteiger partial charge in [-0.2, -0.15) is 0 Å². The fraction of sp³-hybridized carbons (Fsp3) is 0.125. The van der Waals surface area contributed by atoms with Gasteiger partial charge in [0.1, 0.15) is 11.8 Å². The molecule has 0 heterocycles. The van der Waals surface area contributed by atoms with Crippen molar-refractivity contribution in [1.82, 2.24) is 0 Å². The van der Waals surface area contributed by atoms with Gasteiger partial charge in [-0.15, -0.1) is 0 Å². The minimum atomic E-state index is -1.08. The van der Waals surface area contributed by atoms with Crippen molar-refractivity contribution in [3.05, 3.63) is 29.8 Å². The molecular formula is C8H9ClNO3-. The fourth-order valence-electron chi connectivity index (χ4n) is 0.824. The zero-order chi connectivity index (χ0) is 9.14. The summed E-state index contributed by atoms with van der Waals surface area (Å²) < 4.78 is 0. The third kappa shape index (κ3) is 2.93. The van der Waals surface area contributed by atoms with E-state index in [1.807, 2.05) is 0 Å². The molecule has 5 heteroatoms. The number of aliphatic carboxylic acids is 1. The number of nitrogens with two attached hydrogens (primary N) is 1. The van der Waals surface area contributed by atoms with E-state index in [1.54, 1.807) is 0 Å². The number of carbonyl (C=O) groups is 1. The number of hydrogen-bond donors (Lipinski definition) is 3. The number of rotatable bonds is 2. The number of phenolic OH excluding ortho intramolecular Hbond substituents is 1. The molecule has 0 aliphatic heterocycles. The summed E-state index contributed by atoms with van der Waals surface area (Å²) in [6, 6.07) is 4.74. The van der Waals surface area contributed by atoms with E-state index in [0.29, 0.717) is 5.56 Å². The summed E-state index contributed by atoms with van der Waals surface area (Å²) in [5, 5.41) is 17.4. The minimum Gasteiger partial charge on any atom is -1.00 e. The van der Waals surface area contributed by atoms with Gasteiger partial charge in [-0.3, -0.25) is 4.79 Å². The van der Waals surface area contributed by atoms with E-state index >= 15 is 0 Å². The number of benzene rings is 1. The molecule has 0 radical (unpaired) electrons. The lowest BCUT2D eigenvalue weighted by atomic mass is 10.1. The van der Waals surface area contributed by atoms with Crippen molar-refractivity contribution in [1.29, 1.82) is 0 Å². The van der Waals surface area contributed by atoms with Crippen LogP contribution in [0.4, 0.5) is 0 Å². The normalized spacial score (nSPS) is 11.5. The van der Waals surface area contributed by atoms with Crippen molar-refractivity contribution in [2.24, 2.45) is 5.73 Å². The average molecular weight is 203 g/mol. The molecule has 13 heavy (non-hydrogen) atoms. The number of carboxylic acids is 1. The largest absolute Gasteiger partial charge is 1.00 e. The predicted molar refractivity (Wildman–Crippen MR) is 42.7 cm³/mol. The number of hydrogen-bond acceptors (Lipinski definition) is 3. The van der Waals surface area contributed by atoms with Crippen molar-refractivity contribution in [2.75, 3.05) is 0 Å². The maximum absolute atomic E-state index is 10.4. The Labute approximate surface area is 81.4 Å². The van der Waals surface area contributed by atoms with E-state index in [0.717, 1.165) is 0 Å². The van der Waals surface area contributed by atoms with Gasteiger partial charge in [0.25, 0.3) is 0 Å². The monoisotopic (exact) mass is 202 g/mol. The molecule has 0 fully saturated rings. The van der Waals surface area contributed by atoms with Crippen LogP contribution in [0, 0.1) is 0 Å². The molecule has 72 valence electrons. The van der Waals surface area contributed by atoms with Crippen molar-refractivity contribution in [2.45, 2.75) is 6.04 Å². The van der Waals surface area contributed by atoms with Gasteiger partial charge in [-0.25, -0.2) is 0 Å². The quantitative estimate of drug-likeness (QED) is 0.494. The summed E-state index contributed by atoms with van der Waals surface area (Å²) in [5.41, 5.74) is 5.78. The van der Waals surface area contributed by atoms with Crippen molar-refractivity contribution < 1.29 is 27.4 Å². The van der Waals surface area contributed by atoms with Crippen LogP contribution in [0.15, 0.2) is 24.3 Å². The van der Waals surface area contributed by atoms with Crippen LogP contribution in [0.2, 0.25) is 0 Å². The van der Waals surface area contributed by atoms with Crippen LogP contribution in [-0.4, -0.2) is 16.2 Å². The Kier molecular flexibility index (Phi) is 4.23. The van der Waals surface area contributed by atoms with E-state index in [1.165, 1.54) is 24.3 Å². The molecule has 0 aliphatic rings. The Balaban J connectivity index is 0.00000144. The lowest BCUT2D eigenvalue weighted by Gasteiger charge is -2.05. The van der Waals surface area contributed by atoms with Crippen LogP contribution in [0.3, 0.4) is 0 Å². The topological polar surface area (TPSA) is 83.6 Å². The number of halogens is 1. The van der Waals surface area contributed by atoms with Crippen molar-refractivity contribution in [3.63, 3.8) is 0 Å². The van der Waals surface area contributed by atoms with Crippen LogP contribution in [0.25, 0.3) is 0 Å². The zero-order valence-electron chi connectivity index (χ0n) is 6.64. The maximum Gasteiger partial charge on any atom is 0.325 e. The molecule has 4 N–H and O–H groups in total. The zero-order valence-corrected chi connectivity index (χ0v) is 7.40. The summed E-state index contributed by atoms with van der Waals surface area (Å²) in [6.07, 6.45) is 0. The molecule has 1 aromatic rings. The maximum atomic E-state index is 10.4. The second-order valence-corrected chi connectivity index (χ2v) is 2.41. The molecule has 1 aromatic carbocycles. The van der Waals surface area contributed by atoms with E-state index in [2.05, 4.69) is 0 Å². The Hall–Kier alpha value is -1.26. The van der Waals surface area contributed by atoms with Crippen molar-refractivity contribution >= 4 is 5.97 Å². The van der Waals surface area contributed by atoms with E-state index in [-0.39, 0.29) is 18.2 Å². The number of phenols is 1. The first-order valence-corrected chi connectivity index (χ1v) is 3.38. The first-order valence-electron chi connectivity index (χ1n) is 3.38.